The molecule has 0 amide bonds. The summed E-state index contributed by atoms with van der Waals surface area (Å²) in [5.41, 5.74) is 5.25. The Bertz CT molecular complexity index is 500. The zero-order valence-electron chi connectivity index (χ0n) is 10.8. The van der Waals surface area contributed by atoms with Crippen LogP contribution in [0.4, 0.5) is 0 Å². The monoisotopic (exact) mass is 273 g/mol. The van der Waals surface area contributed by atoms with E-state index < -0.39 is 15.6 Å². The van der Waals surface area contributed by atoms with E-state index in [9.17, 15) is 8.42 Å². The van der Waals surface area contributed by atoms with Gasteiger partial charge in [0.15, 0.2) is 0 Å². The van der Waals surface area contributed by atoms with Gasteiger partial charge in [0.1, 0.15) is 4.90 Å². The van der Waals surface area contributed by atoms with Gasteiger partial charge >= 0.3 is 0 Å². The quantitative estimate of drug-likeness (QED) is 0.774. The number of hydrogen-bond donors (Lipinski definition) is 2. The van der Waals surface area contributed by atoms with Crippen molar-refractivity contribution in [2.75, 3.05) is 13.7 Å². The van der Waals surface area contributed by atoms with Crippen LogP contribution in [-0.2, 0) is 21.3 Å². The predicted molar refractivity (Wildman–Crippen MR) is 68.4 cm³/mol. The van der Waals surface area contributed by atoms with Crippen molar-refractivity contribution in [2.24, 2.45) is 5.73 Å². The van der Waals surface area contributed by atoms with Crippen molar-refractivity contribution in [1.82, 2.24) is 9.71 Å². The van der Waals surface area contributed by atoms with Gasteiger partial charge in [0.25, 0.3) is 0 Å². The molecule has 0 saturated carbocycles. The van der Waals surface area contributed by atoms with Crippen molar-refractivity contribution in [1.29, 1.82) is 0 Å². The lowest BCUT2D eigenvalue weighted by atomic mass is 10.1. The SMILES string of the molecule is COC(C)(C)CNS(=O)(=O)c1cccnc1CN. The molecule has 0 aliphatic carbocycles. The van der Waals surface area contributed by atoms with Crippen molar-refractivity contribution in [3.8, 4) is 0 Å². The molecule has 0 aliphatic heterocycles. The van der Waals surface area contributed by atoms with E-state index >= 15 is 0 Å². The molecule has 102 valence electrons. The smallest absolute Gasteiger partial charge is 0.242 e. The van der Waals surface area contributed by atoms with E-state index in [1.807, 2.05) is 0 Å². The molecule has 18 heavy (non-hydrogen) atoms. The van der Waals surface area contributed by atoms with Crippen LogP contribution < -0.4 is 10.5 Å². The molecule has 6 nitrogen and oxygen atoms in total. The number of methoxy groups -OCH3 is 1. The van der Waals surface area contributed by atoms with Crippen LogP contribution in [0.3, 0.4) is 0 Å². The fraction of sp³-hybridized carbons (Fsp3) is 0.545. The second kappa shape index (κ2) is 5.75. The van der Waals surface area contributed by atoms with Crippen LogP contribution in [0, 0.1) is 0 Å². The van der Waals surface area contributed by atoms with Gasteiger partial charge in [0.05, 0.1) is 11.3 Å². The molecule has 3 N–H and O–H groups in total. The highest BCUT2D eigenvalue weighted by Gasteiger charge is 2.23. The van der Waals surface area contributed by atoms with Gasteiger partial charge in [-0.25, -0.2) is 13.1 Å². The molecule has 7 heteroatoms. The van der Waals surface area contributed by atoms with Gasteiger partial charge in [-0.05, 0) is 26.0 Å². The number of rotatable bonds is 6. The standard InChI is InChI=1S/C11H19N3O3S/c1-11(2,17-3)8-14-18(15,16)10-5-4-6-13-9(10)7-12/h4-6,14H,7-8,12H2,1-3H3. The van der Waals surface area contributed by atoms with E-state index in [0.717, 1.165) is 0 Å². The molecular weight excluding hydrogens is 254 g/mol. The summed E-state index contributed by atoms with van der Waals surface area (Å²) in [6.45, 7) is 3.83. The lowest BCUT2D eigenvalue weighted by Crippen LogP contribution is -2.40. The zero-order valence-corrected chi connectivity index (χ0v) is 11.6. The topological polar surface area (TPSA) is 94.3 Å². The van der Waals surface area contributed by atoms with E-state index in [2.05, 4.69) is 9.71 Å². The number of hydrogen-bond acceptors (Lipinski definition) is 5. The minimum Gasteiger partial charge on any atom is -0.377 e. The van der Waals surface area contributed by atoms with Crippen molar-refractivity contribution >= 4 is 10.0 Å². The molecule has 0 unspecified atom stereocenters. The number of nitrogens with zero attached hydrogens (tertiary/aromatic N) is 1. The molecule has 0 aromatic carbocycles. The van der Waals surface area contributed by atoms with E-state index in [-0.39, 0.29) is 18.0 Å². The minimum atomic E-state index is -3.62. The average Bonchev–Trinajstić information content (AvgIpc) is 2.37. The third-order valence-corrected chi connectivity index (χ3v) is 4.05. The maximum Gasteiger partial charge on any atom is 0.242 e. The summed E-state index contributed by atoms with van der Waals surface area (Å²) in [6.07, 6.45) is 1.51. The van der Waals surface area contributed by atoms with Crippen LogP contribution >= 0.6 is 0 Å². The van der Waals surface area contributed by atoms with Gasteiger partial charge in [0, 0.05) is 26.4 Å². The second-order valence-corrected chi connectivity index (χ2v) is 6.18. The van der Waals surface area contributed by atoms with Crippen LogP contribution in [0.25, 0.3) is 0 Å². The number of aromatic nitrogens is 1. The fourth-order valence-electron chi connectivity index (χ4n) is 1.24. The van der Waals surface area contributed by atoms with Crippen molar-refractivity contribution in [3.05, 3.63) is 24.0 Å². The van der Waals surface area contributed by atoms with Gasteiger partial charge in [-0.3, -0.25) is 4.98 Å². The third kappa shape index (κ3) is 3.74. The Kier molecular flexibility index (Phi) is 4.80. The summed E-state index contributed by atoms with van der Waals surface area (Å²) >= 11 is 0. The summed E-state index contributed by atoms with van der Waals surface area (Å²) in [7, 11) is -2.09. The van der Waals surface area contributed by atoms with Gasteiger partial charge in [-0.15, -0.1) is 0 Å². The first kappa shape index (κ1) is 15.0. The summed E-state index contributed by atoms with van der Waals surface area (Å²) in [6, 6.07) is 3.05. The number of pyridine rings is 1. The van der Waals surface area contributed by atoms with E-state index in [4.69, 9.17) is 10.5 Å². The molecule has 0 fully saturated rings. The Labute approximate surface area is 108 Å². The summed E-state index contributed by atoms with van der Waals surface area (Å²) in [4.78, 5) is 4.06. The first-order valence-electron chi connectivity index (χ1n) is 5.51. The van der Waals surface area contributed by atoms with Crippen LogP contribution in [-0.4, -0.2) is 32.7 Å². The summed E-state index contributed by atoms with van der Waals surface area (Å²) in [5, 5.41) is 0. The molecule has 0 radical (unpaired) electrons. The number of sulfonamides is 1. The van der Waals surface area contributed by atoms with Gasteiger partial charge in [-0.2, -0.15) is 0 Å². The first-order chi connectivity index (χ1) is 8.32. The van der Waals surface area contributed by atoms with Crippen LogP contribution in [0.2, 0.25) is 0 Å². The zero-order chi connectivity index (χ0) is 13.8. The van der Waals surface area contributed by atoms with E-state index in [0.29, 0.717) is 5.69 Å². The number of nitrogens with one attached hydrogen (secondary N) is 1. The Balaban J connectivity index is 2.94. The molecule has 0 spiro atoms. The molecule has 1 rings (SSSR count). The molecule has 1 heterocycles. The van der Waals surface area contributed by atoms with Crippen molar-refractivity contribution in [2.45, 2.75) is 30.9 Å². The highest BCUT2D eigenvalue weighted by atomic mass is 32.2. The predicted octanol–water partition coefficient (Wildman–Crippen LogP) is 0.244. The minimum absolute atomic E-state index is 0.0742. The average molecular weight is 273 g/mol. The Morgan fingerprint density at radius 2 is 2.17 bits per heavy atom. The number of ether oxygens (including phenoxy) is 1. The van der Waals surface area contributed by atoms with Crippen molar-refractivity contribution in [3.63, 3.8) is 0 Å². The fourth-order valence-corrected chi connectivity index (χ4v) is 2.64. The Morgan fingerprint density at radius 3 is 2.72 bits per heavy atom. The normalized spacial score (nSPS) is 12.7. The molecule has 0 aliphatic rings. The maximum atomic E-state index is 12.1. The molecule has 0 atom stereocenters. The lowest BCUT2D eigenvalue weighted by molar-refractivity contribution is 0.0276. The number of nitrogens with two attached hydrogens (primary N) is 1. The molecule has 0 bridgehead atoms. The van der Waals surface area contributed by atoms with Crippen LogP contribution in [0.5, 0.6) is 0 Å². The van der Waals surface area contributed by atoms with Gasteiger partial charge < -0.3 is 10.5 Å². The molecule has 0 saturated heterocycles. The molecule has 1 aromatic rings. The Hall–Kier alpha value is -1.02. The summed E-state index contributed by atoms with van der Waals surface area (Å²) in [5.74, 6) is 0. The van der Waals surface area contributed by atoms with Crippen molar-refractivity contribution < 1.29 is 13.2 Å². The maximum absolute atomic E-state index is 12.1. The summed E-state index contributed by atoms with van der Waals surface area (Å²) < 4.78 is 31.9. The van der Waals surface area contributed by atoms with E-state index in [1.54, 1.807) is 19.9 Å². The lowest BCUT2D eigenvalue weighted by Gasteiger charge is -2.23. The highest BCUT2D eigenvalue weighted by molar-refractivity contribution is 7.89. The highest BCUT2D eigenvalue weighted by Crippen LogP contribution is 2.13. The van der Waals surface area contributed by atoms with Crippen LogP contribution in [0.1, 0.15) is 19.5 Å². The van der Waals surface area contributed by atoms with E-state index in [1.165, 1.54) is 19.4 Å². The van der Waals surface area contributed by atoms with Gasteiger partial charge in [-0.1, -0.05) is 0 Å². The Morgan fingerprint density at radius 1 is 1.50 bits per heavy atom. The largest absolute Gasteiger partial charge is 0.377 e. The third-order valence-electron chi connectivity index (χ3n) is 2.57. The van der Waals surface area contributed by atoms with Crippen LogP contribution in [0.15, 0.2) is 23.2 Å². The molecular formula is C11H19N3O3S. The molecule has 1 aromatic heterocycles. The second-order valence-electron chi connectivity index (χ2n) is 4.44. The van der Waals surface area contributed by atoms with Gasteiger partial charge in [0.2, 0.25) is 10.0 Å². The first-order valence-corrected chi connectivity index (χ1v) is 6.99.